The highest BCUT2D eigenvalue weighted by Crippen LogP contribution is 1.99. The highest BCUT2D eigenvalue weighted by atomic mass is 16.3. The molecule has 4 heteroatoms. The Morgan fingerprint density at radius 3 is 2.58 bits per heavy atom. The first-order valence-electron chi connectivity index (χ1n) is 4.27. The van der Waals surface area contributed by atoms with E-state index >= 15 is 0 Å². The van der Waals surface area contributed by atoms with Gasteiger partial charge in [0.05, 0.1) is 6.61 Å². The number of carbonyl (C=O) groups is 1. The maximum absolute atomic E-state index is 11.3. The minimum atomic E-state index is -0.182. The van der Waals surface area contributed by atoms with Gasteiger partial charge in [0.1, 0.15) is 0 Å². The summed E-state index contributed by atoms with van der Waals surface area (Å²) in [5, 5.41) is 11.3. The van der Waals surface area contributed by atoms with Gasteiger partial charge in [-0.15, -0.1) is 0 Å². The van der Waals surface area contributed by atoms with Crippen LogP contribution in [0.5, 0.6) is 0 Å². The molecule has 1 amide bonds. The van der Waals surface area contributed by atoms with E-state index in [0.29, 0.717) is 6.54 Å². The van der Waals surface area contributed by atoms with Gasteiger partial charge in [0.15, 0.2) is 0 Å². The van der Waals surface area contributed by atoms with Crippen LogP contribution in [0.4, 0.5) is 0 Å². The Hall–Kier alpha value is -0.610. The second kappa shape index (κ2) is 5.97. The molecule has 4 N–H and O–H groups in total. The summed E-state index contributed by atoms with van der Waals surface area (Å²) in [6.07, 6.45) is 0.737. The van der Waals surface area contributed by atoms with E-state index in [4.69, 9.17) is 10.8 Å². The van der Waals surface area contributed by atoms with Gasteiger partial charge in [0.25, 0.3) is 0 Å². The van der Waals surface area contributed by atoms with Gasteiger partial charge in [-0.2, -0.15) is 0 Å². The standard InChI is InChI=1S/C8H18N2O2/c1-3-7(4-9)8(12)10-6(2)5-11/h6-7,11H,3-5,9H2,1-2H3,(H,10,12)/t6-,7?/m1/s1. The predicted molar refractivity (Wildman–Crippen MR) is 47.5 cm³/mol. The predicted octanol–water partition coefficient (Wildman–Crippen LogP) is -0.532. The Morgan fingerprint density at radius 2 is 2.25 bits per heavy atom. The third-order valence-corrected chi connectivity index (χ3v) is 1.81. The molecule has 0 aliphatic carbocycles. The number of carbonyl (C=O) groups excluding carboxylic acids is 1. The number of hydrogen-bond acceptors (Lipinski definition) is 3. The second-order valence-electron chi connectivity index (χ2n) is 2.93. The molecule has 0 saturated carbocycles. The first-order valence-corrected chi connectivity index (χ1v) is 4.27. The number of rotatable bonds is 5. The molecule has 0 rings (SSSR count). The highest BCUT2D eigenvalue weighted by molar-refractivity contribution is 5.79. The average Bonchev–Trinajstić information content (AvgIpc) is 2.06. The van der Waals surface area contributed by atoms with Crippen molar-refractivity contribution in [3.05, 3.63) is 0 Å². The fraction of sp³-hybridized carbons (Fsp3) is 0.875. The third-order valence-electron chi connectivity index (χ3n) is 1.81. The molecule has 0 bridgehead atoms. The molecule has 2 atom stereocenters. The van der Waals surface area contributed by atoms with Crippen LogP contribution in [-0.2, 0) is 4.79 Å². The maximum Gasteiger partial charge on any atom is 0.224 e. The zero-order chi connectivity index (χ0) is 9.56. The van der Waals surface area contributed by atoms with E-state index in [0.717, 1.165) is 6.42 Å². The Morgan fingerprint density at radius 1 is 1.67 bits per heavy atom. The molecule has 1 unspecified atom stereocenters. The largest absolute Gasteiger partial charge is 0.394 e. The van der Waals surface area contributed by atoms with E-state index in [1.54, 1.807) is 6.92 Å². The van der Waals surface area contributed by atoms with Gasteiger partial charge in [-0.1, -0.05) is 6.92 Å². The Balaban J connectivity index is 3.84. The van der Waals surface area contributed by atoms with Crippen molar-refractivity contribution in [3.63, 3.8) is 0 Å². The Kier molecular flexibility index (Phi) is 5.66. The van der Waals surface area contributed by atoms with Gasteiger partial charge in [0, 0.05) is 18.5 Å². The van der Waals surface area contributed by atoms with Gasteiger partial charge in [-0.25, -0.2) is 0 Å². The molecule has 0 aromatic carbocycles. The van der Waals surface area contributed by atoms with Gasteiger partial charge >= 0.3 is 0 Å². The first-order chi connectivity index (χ1) is 5.65. The molecule has 0 aliphatic rings. The highest BCUT2D eigenvalue weighted by Gasteiger charge is 2.15. The van der Waals surface area contributed by atoms with Crippen molar-refractivity contribution in [3.8, 4) is 0 Å². The zero-order valence-corrected chi connectivity index (χ0v) is 7.71. The minimum absolute atomic E-state index is 0.0350. The molecule has 0 aromatic heterocycles. The molecule has 0 saturated heterocycles. The fourth-order valence-corrected chi connectivity index (χ4v) is 0.865. The molecule has 12 heavy (non-hydrogen) atoms. The lowest BCUT2D eigenvalue weighted by Crippen LogP contribution is -2.41. The molecule has 0 fully saturated rings. The van der Waals surface area contributed by atoms with Crippen LogP contribution in [0, 0.1) is 5.92 Å². The van der Waals surface area contributed by atoms with Crippen molar-refractivity contribution >= 4 is 5.91 Å². The molecule has 0 aliphatic heterocycles. The molecular formula is C8H18N2O2. The van der Waals surface area contributed by atoms with E-state index in [1.165, 1.54) is 0 Å². The number of amides is 1. The van der Waals surface area contributed by atoms with E-state index in [-0.39, 0.29) is 24.5 Å². The van der Waals surface area contributed by atoms with Gasteiger partial charge < -0.3 is 16.2 Å². The van der Waals surface area contributed by atoms with Crippen LogP contribution >= 0.6 is 0 Å². The lowest BCUT2D eigenvalue weighted by atomic mass is 10.1. The summed E-state index contributed by atoms with van der Waals surface area (Å²) in [6.45, 7) is 4.00. The topological polar surface area (TPSA) is 75.4 Å². The number of nitrogens with two attached hydrogens (primary N) is 1. The van der Waals surface area contributed by atoms with Crippen molar-refractivity contribution in [2.75, 3.05) is 13.2 Å². The number of hydrogen-bond donors (Lipinski definition) is 3. The van der Waals surface area contributed by atoms with Crippen molar-refractivity contribution in [2.24, 2.45) is 11.7 Å². The van der Waals surface area contributed by atoms with Crippen molar-refractivity contribution in [1.29, 1.82) is 0 Å². The van der Waals surface area contributed by atoms with E-state index in [9.17, 15) is 4.79 Å². The molecule has 4 nitrogen and oxygen atoms in total. The van der Waals surface area contributed by atoms with Crippen LogP contribution in [0.25, 0.3) is 0 Å². The number of aliphatic hydroxyl groups excluding tert-OH is 1. The lowest BCUT2D eigenvalue weighted by Gasteiger charge is -2.16. The van der Waals surface area contributed by atoms with Gasteiger partial charge in [-0.05, 0) is 13.3 Å². The Bertz CT molecular complexity index is 135. The zero-order valence-electron chi connectivity index (χ0n) is 7.71. The smallest absolute Gasteiger partial charge is 0.224 e. The SMILES string of the molecule is CCC(CN)C(=O)N[C@H](C)CO. The maximum atomic E-state index is 11.3. The minimum Gasteiger partial charge on any atom is -0.394 e. The summed E-state index contributed by atoms with van der Waals surface area (Å²) < 4.78 is 0. The quantitative estimate of drug-likeness (QED) is 0.524. The molecule has 0 spiro atoms. The van der Waals surface area contributed by atoms with Crippen LogP contribution in [0.3, 0.4) is 0 Å². The molecular weight excluding hydrogens is 156 g/mol. The average molecular weight is 174 g/mol. The van der Waals surface area contributed by atoms with Gasteiger partial charge in [0.2, 0.25) is 5.91 Å². The van der Waals surface area contributed by atoms with Crippen molar-refractivity contribution < 1.29 is 9.90 Å². The summed E-state index contributed by atoms with van der Waals surface area (Å²) in [5.74, 6) is -0.194. The van der Waals surface area contributed by atoms with E-state index in [1.807, 2.05) is 6.92 Å². The van der Waals surface area contributed by atoms with Crippen molar-refractivity contribution in [2.45, 2.75) is 26.3 Å². The summed E-state index contributed by atoms with van der Waals surface area (Å²) in [5.41, 5.74) is 5.38. The Labute approximate surface area is 73.1 Å². The summed E-state index contributed by atoms with van der Waals surface area (Å²) >= 11 is 0. The first kappa shape index (κ1) is 11.4. The second-order valence-corrected chi connectivity index (χ2v) is 2.93. The normalized spacial score (nSPS) is 15.3. The van der Waals surface area contributed by atoms with Crippen LogP contribution in [0.2, 0.25) is 0 Å². The molecule has 0 radical (unpaired) electrons. The van der Waals surface area contributed by atoms with Crippen LogP contribution in [0.1, 0.15) is 20.3 Å². The monoisotopic (exact) mass is 174 g/mol. The summed E-state index contributed by atoms with van der Waals surface area (Å²) in [7, 11) is 0. The fourth-order valence-electron chi connectivity index (χ4n) is 0.865. The van der Waals surface area contributed by atoms with Gasteiger partial charge in [-0.3, -0.25) is 4.79 Å². The number of aliphatic hydroxyl groups is 1. The lowest BCUT2D eigenvalue weighted by molar-refractivity contribution is -0.125. The summed E-state index contributed by atoms with van der Waals surface area (Å²) in [6, 6.07) is -0.182. The van der Waals surface area contributed by atoms with Crippen molar-refractivity contribution in [1.82, 2.24) is 5.32 Å². The summed E-state index contributed by atoms with van der Waals surface area (Å²) in [4.78, 5) is 11.3. The van der Waals surface area contributed by atoms with Crippen LogP contribution < -0.4 is 11.1 Å². The van der Waals surface area contributed by atoms with Crippen LogP contribution in [-0.4, -0.2) is 30.2 Å². The molecule has 72 valence electrons. The van der Waals surface area contributed by atoms with E-state index < -0.39 is 0 Å². The van der Waals surface area contributed by atoms with E-state index in [2.05, 4.69) is 5.32 Å². The molecule has 0 heterocycles. The third kappa shape index (κ3) is 3.69. The number of nitrogens with one attached hydrogen (secondary N) is 1. The van der Waals surface area contributed by atoms with Crippen LogP contribution in [0.15, 0.2) is 0 Å². The molecule has 0 aromatic rings.